The van der Waals surface area contributed by atoms with Crippen molar-refractivity contribution in [1.29, 1.82) is 0 Å². The molecular weight excluding hydrogens is 448 g/mol. The number of hydrogen-bond donors (Lipinski definition) is 4. The van der Waals surface area contributed by atoms with Crippen molar-refractivity contribution >= 4 is 41.0 Å². The van der Waals surface area contributed by atoms with Crippen LogP contribution in [0.2, 0.25) is 0 Å². The third-order valence-corrected chi connectivity index (χ3v) is 6.44. The zero-order chi connectivity index (χ0) is 23.8. The van der Waals surface area contributed by atoms with Crippen LogP contribution in [0.3, 0.4) is 0 Å². The second-order valence-electron chi connectivity index (χ2n) is 7.81. The highest BCUT2D eigenvalue weighted by Crippen LogP contribution is 2.38. The first-order valence-corrected chi connectivity index (χ1v) is 11.9. The Bertz CT molecular complexity index is 1180. The number of guanidine groups is 1. The van der Waals surface area contributed by atoms with E-state index in [1.54, 1.807) is 12.1 Å². The Morgan fingerprint density at radius 2 is 1.79 bits per heavy atom. The van der Waals surface area contributed by atoms with Crippen LogP contribution in [0.1, 0.15) is 34.0 Å². The average Bonchev–Trinajstić information content (AvgIpc) is 2.85. The second-order valence-corrected chi connectivity index (χ2v) is 9.09. The van der Waals surface area contributed by atoms with Crippen LogP contribution in [0.5, 0.6) is 0 Å². The number of carboxylic acids is 1. The van der Waals surface area contributed by atoms with Gasteiger partial charge in [0.1, 0.15) is 0 Å². The molecule has 1 atom stereocenters. The molecule has 7 nitrogen and oxygen atoms in total. The van der Waals surface area contributed by atoms with Gasteiger partial charge in [-0.05, 0) is 48.4 Å². The van der Waals surface area contributed by atoms with E-state index in [0.29, 0.717) is 17.2 Å². The van der Waals surface area contributed by atoms with Gasteiger partial charge in [-0.3, -0.25) is 14.6 Å². The first kappa shape index (κ1) is 23.4. The number of rotatable bonds is 8. The molecule has 4 N–H and O–H groups in total. The number of carbonyl (C=O) groups is 2. The van der Waals surface area contributed by atoms with Crippen LogP contribution in [0, 0.1) is 0 Å². The highest BCUT2D eigenvalue weighted by atomic mass is 32.2. The fraction of sp³-hybridized carbons (Fsp3) is 0.192. The monoisotopic (exact) mass is 474 g/mol. The molecule has 1 aliphatic heterocycles. The standard InChI is InChI=1S/C26H26N4O3S/c31-24(32)17-23(18-7-2-1-3-8-18)34-22-12-5-11-21(16-22)29-25(33)19-9-4-10-20(15-19)30-26-27-13-6-14-28-26/h1-5,7-12,15-16,23H,6,13-14,17H2,(H,29,33)(H,31,32)(H2,27,28,30). The first-order chi connectivity index (χ1) is 16.6. The quantitative estimate of drug-likeness (QED) is 0.342. The number of aliphatic carboxylic acids is 1. The molecule has 0 radical (unpaired) electrons. The highest BCUT2D eigenvalue weighted by molar-refractivity contribution is 7.99. The van der Waals surface area contributed by atoms with E-state index in [-0.39, 0.29) is 17.6 Å². The Labute approximate surface area is 202 Å². The summed E-state index contributed by atoms with van der Waals surface area (Å²) in [6.45, 7) is 1.65. The molecular formula is C26H26N4O3S. The van der Waals surface area contributed by atoms with Gasteiger partial charge < -0.3 is 21.1 Å². The van der Waals surface area contributed by atoms with Crippen molar-refractivity contribution in [1.82, 2.24) is 5.32 Å². The van der Waals surface area contributed by atoms with Crippen molar-refractivity contribution in [2.45, 2.75) is 23.0 Å². The molecule has 1 aliphatic rings. The van der Waals surface area contributed by atoms with Gasteiger partial charge in [0.25, 0.3) is 5.91 Å². The van der Waals surface area contributed by atoms with E-state index in [4.69, 9.17) is 0 Å². The van der Waals surface area contributed by atoms with Crippen molar-refractivity contribution in [3.63, 3.8) is 0 Å². The van der Waals surface area contributed by atoms with Crippen LogP contribution in [-0.4, -0.2) is 36.0 Å². The van der Waals surface area contributed by atoms with Crippen molar-refractivity contribution in [2.75, 3.05) is 23.7 Å². The van der Waals surface area contributed by atoms with E-state index in [9.17, 15) is 14.7 Å². The van der Waals surface area contributed by atoms with Gasteiger partial charge in [0.2, 0.25) is 0 Å². The van der Waals surface area contributed by atoms with Gasteiger partial charge in [0, 0.05) is 40.2 Å². The van der Waals surface area contributed by atoms with Crippen molar-refractivity contribution in [3.8, 4) is 0 Å². The van der Waals surface area contributed by atoms with E-state index in [0.717, 1.165) is 35.7 Å². The highest BCUT2D eigenvalue weighted by Gasteiger charge is 2.17. The van der Waals surface area contributed by atoms with Gasteiger partial charge >= 0.3 is 5.97 Å². The van der Waals surface area contributed by atoms with Crippen LogP contribution in [0.4, 0.5) is 11.4 Å². The third-order valence-electron chi connectivity index (χ3n) is 5.19. The molecule has 8 heteroatoms. The van der Waals surface area contributed by atoms with Crippen LogP contribution < -0.4 is 16.0 Å². The second kappa shape index (κ2) is 11.4. The lowest BCUT2D eigenvalue weighted by atomic mass is 10.1. The largest absolute Gasteiger partial charge is 0.481 e. The fourth-order valence-corrected chi connectivity index (χ4v) is 4.76. The summed E-state index contributed by atoms with van der Waals surface area (Å²) in [5, 5.41) is 18.5. The number of aliphatic imine (C=N–C) groups is 1. The van der Waals surface area contributed by atoms with E-state index in [1.807, 2.05) is 66.7 Å². The minimum absolute atomic E-state index is 0.00517. The molecule has 0 bridgehead atoms. The lowest BCUT2D eigenvalue weighted by Gasteiger charge is -2.17. The predicted octanol–water partition coefficient (Wildman–Crippen LogP) is 5.01. The number of nitrogens with one attached hydrogen (secondary N) is 3. The van der Waals surface area contributed by atoms with Gasteiger partial charge in [-0.25, -0.2) is 0 Å². The van der Waals surface area contributed by atoms with Crippen LogP contribution in [-0.2, 0) is 4.79 Å². The summed E-state index contributed by atoms with van der Waals surface area (Å²) in [7, 11) is 0. The summed E-state index contributed by atoms with van der Waals surface area (Å²) in [5.41, 5.74) is 2.90. The third kappa shape index (κ3) is 6.62. The maximum Gasteiger partial charge on any atom is 0.304 e. The molecule has 0 saturated heterocycles. The molecule has 1 amide bonds. The summed E-state index contributed by atoms with van der Waals surface area (Å²) < 4.78 is 0. The van der Waals surface area contributed by atoms with Crippen LogP contribution in [0.15, 0.2) is 88.8 Å². The Hall–Kier alpha value is -3.78. The fourth-order valence-electron chi connectivity index (χ4n) is 3.56. The SMILES string of the molecule is O=C(O)CC(Sc1cccc(NC(=O)c2cccc(NC3=NCCCN3)c2)c1)c1ccccc1. The van der Waals surface area contributed by atoms with E-state index < -0.39 is 5.97 Å². The van der Waals surface area contributed by atoms with Crippen molar-refractivity contribution < 1.29 is 14.7 Å². The van der Waals surface area contributed by atoms with Gasteiger partial charge in [-0.1, -0.05) is 42.5 Å². The maximum atomic E-state index is 12.9. The van der Waals surface area contributed by atoms with E-state index in [1.165, 1.54) is 11.8 Å². The lowest BCUT2D eigenvalue weighted by molar-refractivity contribution is -0.137. The number of nitrogens with zero attached hydrogens (tertiary/aromatic N) is 1. The Morgan fingerprint density at radius 3 is 2.56 bits per heavy atom. The summed E-state index contributed by atoms with van der Waals surface area (Å²) in [5.74, 6) is -0.369. The van der Waals surface area contributed by atoms with Gasteiger partial charge in [-0.2, -0.15) is 0 Å². The molecule has 1 unspecified atom stereocenters. The number of hydrogen-bond acceptors (Lipinski definition) is 6. The summed E-state index contributed by atoms with van der Waals surface area (Å²) in [4.78, 5) is 29.6. The van der Waals surface area contributed by atoms with Crippen molar-refractivity contribution in [3.05, 3.63) is 90.0 Å². The normalized spacial score (nSPS) is 13.8. The minimum Gasteiger partial charge on any atom is -0.481 e. The molecule has 1 heterocycles. The molecule has 3 aromatic carbocycles. The molecule has 4 rings (SSSR count). The van der Waals surface area contributed by atoms with Crippen molar-refractivity contribution in [2.24, 2.45) is 4.99 Å². The van der Waals surface area contributed by atoms with Gasteiger partial charge in [0.05, 0.1) is 6.42 Å². The summed E-state index contributed by atoms with van der Waals surface area (Å²) in [6.07, 6.45) is 1.01. The van der Waals surface area contributed by atoms with Gasteiger partial charge in [-0.15, -0.1) is 11.8 Å². The Kier molecular flexibility index (Phi) is 7.83. The number of carboxylic acid groups (broad SMARTS) is 1. The zero-order valence-corrected chi connectivity index (χ0v) is 19.3. The lowest BCUT2D eigenvalue weighted by Crippen LogP contribution is -2.35. The number of thioether (sulfide) groups is 1. The molecule has 0 aromatic heterocycles. The Balaban J connectivity index is 1.44. The number of carbonyl (C=O) groups excluding carboxylic acids is 1. The Morgan fingerprint density at radius 1 is 1.00 bits per heavy atom. The van der Waals surface area contributed by atoms with Gasteiger partial charge in [0.15, 0.2) is 5.96 Å². The first-order valence-electron chi connectivity index (χ1n) is 11.1. The number of amides is 1. The van der Waals surface area contributed by atoms with Crippen LogP contribution >= 0.6 is 11.8 Å². The topological polar surface area (TPSA) is 103 Å². The van der Waals surface area contributed by atoms with Crippen LogP contribution in [0.25, 0.3) is 0 Å². The molecule has 0 aliphatic carbocycles. The smallest absolute Gasteiger partial charge is 0.304 e. The average molecular weight is 475 g/mol. The minimum atomic E-state index is -0.853. The molecule has 0 spiro atoms. The maximum absolute atomic E-state index is 12.9. The summed E-state index contributed by atoms with van der Waals surface area (Å²) in [6, 6.07) is 24.3. The van der Waals surface area contributed by atoms with E-state index >= 15 is 0 Å². The molecule has 174 valence electrons. The molecule has 3 aromatic rings. The predicted molar refractivity (Wildman–Crippen MR) is 137 cm³/mol. The molecule has 0 saturated carbocycles. The number of anilines is 2. The zero-order valence-electron chi connectivity index (χ0n) is 18.5. The number of benzene rings is 3. The van der Waals surface area contributed by atoms with E-state index in [2.05, 4.69) is 20.9 Å². The molecule has 0 fully saturated rings. The molecule has 34 heavy (non-hydrogen) atoms. The summed E-state index contributed by atoms with van der Waals surface area (Å²) >= 11 is 1.47.